The molecule has 2 nitrogen and oxygen atoms in total. The molecule has 1 aliphatic heterocycles. The van der Waals surface area contributed by atoms with Crippen molar-refractivity contribution in [1.29, 1.82) is 0 Å². The fourth-order valence-corrected chi connectivity index (χ4v) is 0.564. The third kappa shape index (κ3) is 1.72. The average Bonchev–Trinajstić information content (AvgIpc) is 2.34. The second kappa shape index (κ2) is 3.07. The summed E-state index contributed by atoms with van der Waals surface area (Å²) in [7, 11) is 0. The van der Waals surface area contributed by atoms with Gasteiger partial charge in [0.15, 0.2) is 5.90 Å². The van der Waals surface area contributed by atoms with E-state index in [-0.39, 0.29) is 0 Å². The lowest BCUT2D eigenvalue weighted by atomic mass is 10.4. The van der Waals surface area contributed by atoms with Gasteiger partial charge in [-0.3, -0.25) is 0 Å². The van der Waals surface area contributed by atoms with E-state index in [0.29, 0.717) is 0 Å². The second-order valence-electron chi connectivity index (χ2n) is 1.70. The van der Waals surface area contributed by atoms with Crippen molar-refractivity contribution >= 4 is 5.90 Å². The van der Waals surface area contributed by atoms with Crippen LogP contribution in [0, 0.1) is 0 Å². The summed E-state index contributed by atoms with van der Waals surface area (Å²) in [5.74, 6) is 0.771. The van der Waals surface area contributed by atoms with Crippen LogP contribution in [0.2, 0.25) is 0 Å². The largest absolute Gasteiger partial charge is 0.451 e. The Hall–Kier alpha value is -1.05. The molecule has 0 fully saturated rings. The monoisotopic (exact) mass is 123 g/mol. The highest BCUT2D eigenvalue weighted by molar-refractivity contribution is 5.80. The lowest BCUT2D eigenvalue weighted by molar-refractivity contribution is 0.482. The first-order chi connectivity index (χ1) is 4.43. The van der Waals surface area contributed by atoms with Gasteiger partial charge in [0.2, 0.25) is 0 Å². The summed E-state index contributed by atoms with van der Waals surface area (Å²) in [6.45, 7) is 1.92. The summed E-state index contributed by atoms with van der Waals surface area (Å²) in [6.07, 6.45) is 8.01. The first-order valence-electron chi connectivity index (χ1n) is 2.93. The van der Waals surface area contributed by atoms with Crippen LogP contribution in [0.15, 0.2) is 29.6 Å². The van der Waals surface area contributed by atoms with Crippen molar-refractivity contribution in [3.8, 4) is 0 Å². The number of aliphatic imine (C=N–C) groups is 1. The number of nitrogens with zero attached hydrogens (tertiary/aromatic N) is 1. The van der Waals surface area contributed by atoms with E-state index in [1.165, 1.54) is 0 Å². The van der Waals surface area contributed by atoms with Crippen molar-refractivity contribution in [3.05, 3.63) is 24.6 Å². The molecule has 1 aliphatic rings. The van der Waals surface area contributed by atoms with Crippen LogP contribution in [0.3, 0.4) is 0 Å². The zero-order valence-electron chi connectivity index (χ0n) is 5.37. The molecule has 48 valence electrons. The SMILES string of the molecule is CC=CN=C1CC=CO1. The van der Waals surface area contributed by atoms with Crippen molar-refractivity contribution in [2.45, 2.75) is 13.3 Å². The third-order valence-electron chi connectivity index (χ3n) is 0.960. The number of hydrogen-bond donors (Lipinski definition) is 0. The number of ether oxygens (including phenoxy) is 1. The molecule has 0 aromatic carbocycles. The molecular weight excluding hydrogens is 114 g/mol. The van der Waals surface area contributed by atoms with Crippen molar-refractivity contribution in [2.75, 3.05) is 0 Å². The Morgan fingerprint density at radius 2 is 2.67 bits per heavy atom. The van der Waals surface area contributed by atoms with Gasteiger partial charge in [-0.25, -0.2) is 4.99 Å². The molecule has 0 spiro atoms. The fraction of sp³-hybridized carbons (Fsp3) is 0.286. The van der Waals surface area contributed by atoms with E-state index in [4.69, 9.17) is 4.74 Å². The molecule has 0 aromatic rings. The Morgan fingerprint density at radius 3 is 3.22 bits per heavy atom. The van der Waals surface area contributed by atoms with Gasteiger partial charge in [-0.15, -0.1) is 0 Å². The van der Waals surface area contributed by atoms with E-state index >= 15 is 0 Å². The highest BCUT2D eigenvalue weighted by Crippen LogP contribution is 2.01. The number of hydrogen-bond acceptors (Lipinski definition) is 2. The van der Waals surface area contributed by atoms with Crippen molar-refractivity contribution in [2.24, 2.45) is 4.99 Å². The van der Waals surface area contributed by atoms with Gasteiger partial charge in [0.25, 0.3) is 0 Å². The number of rotatable bonds is 1. The predicted molar refractivity (Wildman–Crippen MR) is 37.1 cm³/mol. The van der Waals surface area contributed by atoms with Gasteiger partial charge >= 0.3 is 0 Å². The van der Waals surface area contributed by atoms with E-state index in [2.05, 4.69) is 4.99 Å². The molecule has 1 rings (SSSR count). The molecule has 0 aliphatic carbocycles. The summed E-state index contributed by atoms with van der Waals surface area (Å²) in [5.41, 5.74) is 0. The fourth-order valence-electron chi connectivity index (χ4n) is 0.564. The normalized spacial score (nSPS) is 21.7. The zero-order valence-corrected chi connectivity index (χ0v) is 5.37. The van der Waals surface area contributed by atoms with Crippen LogP contribution in [0.25, 0.3) is 0 Å². The van der Waals surface area contributed by atoms with Crippen LogP contribution < -0.4 is 0 Å². The van der Waals surface area contributed by atoms with Crippen LogP contribution in [0.5, 0.6) is 0 Å². The molecule has 0 N–H and O–H groups in total. The maximum absolute atomic E-state index is 4.97. The van der Waals surface area contributed by atoms with Gasteiger partial charge in [-0.2, -0.15) is 0 Å². The van der Waals surface area contributed by atoms with Crippen molar-refractivity contribution < 1.29 is 4.74 Å². The summed E-state index contributed by atoms with van der Waals surface area (Å²) in [5, 5.41) is 0. The Bertz CT molecular complexity index is 158. The van der Waals surface area contributed by atoms with E-state index < -0.39 is 0 Å². The summed E-state index contributed by atoms with van der Waals surface area (Å²) < 4.78 is 4.97. The van der Waals surface area contributed by atoms with Crippen LogP contribution in [-0.2, 0) is 4.74 Å². The van der Waals surface area contributed by atoms with E-state index in [0.717, 1.165) is 12.3 Å². The first-order valence-corrected chi connectivity index (χ1v) is 2.93. The smallest absolute Gasteiger partial charge is 0.197 e. The Labute approximate surface area is 54.6 Å². The van der Waals surface area contributed by atoms with Gasteiger partial charge < -0.3 is 4.74 Å². The Morgan fingerprint density at radius 1 is 1.78 bits per heavy atom. The zero-order chi connectivity index (χ0) is 6.53. The van der Waals surface area contributed by atoms with Gasteiger partial charge in [-0.05, 0) is 13.0 Å². The maximum Gasteiger partial charge on any atom is 0.197 e. The maximum atomic E-state index is 4.97. The quantitative estimate of drug-likeness (QED) is 0.521. The highest BCUT2D eigenvalue weighted by Gasteiger charge is 1.99. The van der Waals surface area contributed by atoms with Crippen molar-refractivity contribution in [1.82, 2.24) is 0 Å². The van der Waals surface area contributed by atoms with E-state index in [1.54, 1.807) is 12.5 Å². The summed E-state index contributed by atoms with van der Waals surface area (Å²) in [6, 6.07) is 0. The van der Waals surface area contributed by atoms with Gasteiger partial charge in [0.05, 0.1) is 6.26 Å². The van der Waals surface area contributed by atoms with Crippen LogP contribution in [-0.4, -0.2) is 5.90 Å². The standard InChI is InChI=1S/C7H9NO/c1-2-5-8-7-4-3-6-9-7/h2-3,5-6H,4H2,1H3. The molecule has 0 saturated heterocycles. The minimum absolute atomic E-state index is 0.771. The van der Waals surface area contributed by atoms with Gasteiger partial charge in [-0.1, -0.05) is 6.08 Å². The summed E-state index contributed by atoms with van der Waals surface area (Å²) >= 11 is 0. The second-order valence-corrected chi connectivity index (χ2v) is 1.70. The molecule has 1 heterocycles. The predicted octanol–water partition coefficient (Wildman–Crippen LogP) is 1.85. The topological polar surface area (TPSA) is 21.6 Å². The molecule has 0 amide bonds. The minimum atomic E-state index is 0.771. The average molecular weight is 123 g/mol. The molecule has 0 saturated carbocycles. The first kappa shape index (κ1) is 6.08. The lowest BCUT2D eigenvalue weighted by Gasteiger charge is -1.89. The molecule has 0 bridgehead atoms. The Kier molecular flexibility index (Phi) is 2.07. The van der Waals surface area contributed by atoms with Crippen LogP contribution in [0.4, 0.5) is 0 Å². The molecule has 0 atom stereocenters. The van der Waals surface area contributed by atoms with E-state index in [1.807, 2.05) is 19.1 Å². The molecular formula is C7H9NO. The molecule has 0 unspecified atom stereocenters. The highest BCUT2D eigenvalue weighted by atomic mass is 16.5. The molecule has 9 heavy (non-hydrogen) atoms. The Balaban J connectivity index is 2.43. The van der Waals surface area contributed by atoms with Crippen molar-refractivity contribution in [3.63, 3.8) is 0 Å². The van der Waals surface area contributed by atoms with Gasteiger partial charge in [0.1, 0.15) is 0 Å². The van der Waals surface area contributed by atoms with Crippen LogP contribution in [0.1, 0.15) is 13.3 Å². The van der Waals surface area contributed by atoms with Gasteiger partial charge in [0, 0.05) is 12.6 Å². The summed E-state index contributed by atoms with van der Waals surface area (Å²) in [4.78, 5) is 3.99. The van der Waals surface area contributed by atoms with Crippen LogP contribution >= 0.6 is 0 Å². The minimum Gasteiger partial charge on any atom is -0.451 e. The molecule has 0 radical (unpaired) electrons. The van der Waals surface area contributed by atoms with E-state index in [9.17, 15) is 0 Å². The number of allylic oxidation sites excluding steroid dienone is 1. The molecule has 2 heteroatoms. The molecule has 0 aromatic heterocycles. The lowest BCUT2D eigenvalue weighted by Crippen LogP contribution is -1.89. The third-order valence-corrected chi connectivity index (χ3v) is 0.960.